The van der Waals surface area contributed by atoms with Crippen LogP contribution >= 0.6 is 11.1 Å². The molecule has 0 amide bonds. The highest BCUT2D eigenvalue weighted by atomic mass is 35.6. The van der Waals surface area contributed by atoms with E-state index in [2.05, 4.69) is 254 Å². The molecule has 0 N–H and O–H groups in total. The summed E-state index contributed by atoms with van der Waals surface area (Å²) in [5.41, 5.74) is 0. The fourth-order valence-electron chi connectivity index (χ4n) is 11.6. The molecule has 0 saturated heterocycles. The highest BCUT2D eigenvalue weighted by Gasteiger charge is 2.57. The average Bonchev–Trinajstić information content (AvgIpc) is 3.03. The van der Waals surface area contributed by atoms with Crippen LogP contribution in [-0.2, 0) is 0 Å². The summed E-state index contributed by atoms with van der Waals surface area (Å²) in [6.45, 7) is 97.7. The lowest BCUT2D eigenvalue weighted by atomic mass is 10.3. The van der Waals surface area contributed by atoms with Crippen LogP contribution < -0.4 is 77.8 Å². The SMILES string of the molecule is C[Si](C)(C)c1cc([Si](C)(C)C)c([Si](Cl)(c2c([Si](C)(C)C)cc([Si](C)(C)C)c([Si](C)(C)C)c2[Si](C)(C)C)c2c([Si](C)(C)C)cc([Si](C)(C)C)c([Si](C)(C)C)c2[Si](C)(C)C)c([Si](C)(C)C)c1[Si](C)(C)C. The standard InChI is InChI=1S/C54H111ClSi13/c1-56(2,3)40-37-43(59(10,11)12)49(52(65(28,29)30)46(40)62(19,20)21)68(55,50-44(60(13,14)15)38-41(57(4,5)6)47(63(22,23)24)53(50)66(31,32)33)51-45(61(16,17)18)39-42(58(7,8)9)48(64(25,26)27)54(51)67(34,35)36/h37-39H,1-36H3. The lowest BCUT2D eigenvalue weighted by Crippen LogP contribution is -2.92. The minimum absolute atomic E-state index is 1.75. The number of benzene rings is 3. The van der Waals surface area contributed by atoms with Crippen molar-refractivity contribution in [1.29, 1.82) is 0 Å². The first-order chi connectivity index (χ1) is 29.3. The Kier molecular flexibility index (Phi) is 17.4. The molecule has 386 valence electrons. The molecule has 0 aliphatic rings. The smallest absolute Gasteiger partial charge is 0.149 e. The van der Waals surface area contributed by atoms with Crippen LogP contribution in [-0.4, -0.2) is 104 Å². The largest absolute Gasteiger partial charge is 0.247 e. The number of hydrogen-bond donors (Lipinski definition) is 0. The van der Waals surface area contributed by atoms with Crippen molar-refractivity contribution in [2.24, 2.45) is 0 Å². The molecule has 0 saturated carbocycles. The van der Waals surface area contributed by atoms with Gasteiger partial charge in [-0.05, 0) is 15.6 Å². The monoisotopic (exact) mass is 1160 g/mol. The Morgan fingerprint density at radius 1 is 0.176 bits per heavy atom. The maximum absolute atomic E-state index is 10.5. The number of halogens is 1. The molecule has 68 heavy (non-hydrogen) atoms. The number of rotatable bonds is 15. The van der Waals surface area contributed by atoms with Crippen molar-refractivity contribution in [3.8, 4) is 0 Å². The van der Waals surface area contributed by atoms with Crippen LogP contribution in [0.4, 0.5) is 0 Å². The molecule has 0 unspecified atom stereocenters. The predicted molar refractivity (Wildman–Crippen MR) is 366 cm³/mol. The van der Waals surface area contributed by atoms with Crippen LogP contribution in [0.3, 0.4) is 0 Å². The second-order valence-electron chi connectivity index (χ2n) is 33.9. The minimum Gasteiger partial charge on any atom is -0.149 e. The van der Waals surface area contributed by atoms with Crippen molar-refractivity contribution < 1.29 is 0 Å². The van der Waals surface area contributed by atoms with Crippen LogP contribution in [0.2, 0.25) is 236 Å². The molecule has 14 heteroatoms. The molecule has 0 radical (unpaired) electrons. The summed E-state index contributed by atoms with van der Waals surface area (Å²) in [5, 5.41) is 26.9. The summed E-state index contributed by atoms with van der Waals surface area (Å²) in [4.78, 5) is 0. The summed E-state index contributed by atoms with van der Waals surface area (Å²) in [5.74, 6) is 0. The first-order valence-corrected chi connectivity index (χ1v) is 71.7. The zero-order valence-corrected chi connectivity index (χ0v) is 65.9. The van der Waals surface area contributed by atoms with Gasteiger partial charge in [0, 0.05) is 0 Å². The van der Waals surface area contributed by atoms with Crippen molar-refractivity contribution >= 4 is 193 Å². The summed E-state index contributed by atoms with van der Waals surface area (Å²) in [7, 11) is -27.8. The molecule has 0 bridgehead atoms. The zero-order chi connectivity index (χ0) is 54.3. The van der Waals surface area contributed by atoms with Gasteiger partial charge in [-0.25, -0.2) is 0 Å². The maximum atomic E-state index is 10.5. The van der Waals surface area contributed by atoms with Crippen LogP contribution in [0.15, 0.2) is 18.2 Å². The summed E-state index contributed by atoms with van der Waals surface area (Å²) in [6.07, 6.45) is 0. The minimum atomic E-state index is -3.59. The normalized spacial score (nSPS) is 15.1. The molecule has 0 spiro atoms. The van der Waals surface area contributed by atoms with Crippen molar-refractivity contribution in [3.63, 3.8) is 0 Å². The fourth-order valence-corrected chi connectivity index (χ4v) is 62.8. The molecule has 0 heterocycles. The van der Waals surface area contributed by atoms with Gasteiger partial charge in [-0.2, -0.15) is 0 Å². The van der Waals surface area contributed by atoms with E-state index in [0.29, 0.717) is 0 Å². The third-order valence-electron chi connectivity index (χ3n) is 14.4. The third-order valence-corrected chi connectivity index (χ3v) is 46.8. The van der Waals surface area contributed by atoms with Crippen LogP contribution in [0, 0.1) is 0 Å². The second-order valence-corrected chi connectivity index (χ2v) is 98.7. The van der Waals surface area contributed by atoms with E-state index in [1.165, 1.54) is 0 Å². The molecule has 0 fully saturated rings. The van der Waals surface area contributed by atoms with Crippen molar-refractivity contribution in [2.45, 2.75) is 236 Å². The Labute approximate surface area is 443 Å². The molecule has 3 rings (SSSR count). The molecule has 0 aliphatic carbocycles. The van der Waals surface area contributed by atoms with Gasteiger partial charge in [0.25, 0.3) is 0 Å². The van der Waals surface area contributed by atoms with E-state index in [4.69, 9.17) is 0 Å². The van der Waals surface area contributed by atoms with Crippen molar-refractivity contribution in [2.75, 3.05) is 0 Å². The Morgan fingerprint density at radius 2 is 0.294 bits per heavy atom. The van der Waals surface area contributed by atoms with Gasteiger partial charge in [-0.15, -0.1) is 11.1 Å². The Balaban J connectivity index is 3.64. The lowest BCUT2D eigenvalue weighted by molar-refractivity contribution is 1.64. The lowest BCUT2D eigenvalue weighted by Gasteiger charge is -2.50. The molecular formula is C54H111ClSi13. The highest BCUT2D eigenvalue weighted by molar-refractivity contribution is 7.46. The van der Waals surface area contributed by atoms with Gasteiger partial charge in [0.05, 0.1) is 96.9 Å². The van der Waals surface area contributed by atoms with Gasteiger partial charge in [-0.3, -0.25) is 0 Å². The van der Waals surface area contributed by atoms with Crippen LogP contribution in [0.25, 0.3) is 0 Å². The van der Waals surface area contributed by atoms with Gasteiger partial charge in [0.15, 0.2) is 0 Å². The topological polar surface area (TPSA) is 0 Å². The molecular weight excluding hydrogens is 1050 g/mol. The second kappa shape index (κ2) is 18.8. The molecule has 0 atom stereocenters. The van der Waals surface area contributed by atoms with Gasteiger partial charge < -0.3 is 0 Å². The predicted octanol–water partition coefficient (Wildman–Crippen LogP) is 9.43. The van der Waals surface area contributed by atoms with E-state index < -0.39 is 104 Å². The van der Waals surface area contributed by atoms with Crippen LogP contribution in [0.1, 0.15) is 0 Å². The molecule has 3 aromatic carbocycles. The van der Waals surface area contributed by atoms with Crippen molar-refractivity contribution in [1.82, 2.24) is 0 Å². The Hall–Kier alpha value is 0.769. The van der Waals surface area contributed by atoms with E-state index in [1.807, 2.05) is 31.1 Å². The van der Waals surface area contributed by atoms with E-state index in [-0.39, 0.29) is 0 Å². The van der Waals surface area contributed by atoms with Gasteiger partial charge in [0.1, 0.15) is 0 Å². The quantitative estimate of drug-likeness (QED) is 0.0810. The van der Waals surface area contributed by atoms with E-state index in [1.54, 1.807) is 46.7 Å². The van der Waals surface area contributed by atoms with Gasteiger partial charge in [0.2, 0.25) is 7.38 Å². The van der Waals surface area contributed by atoms with Gasteiger partial charge >= 0.3 is 0 Å². The zero-order valence-electron chi connectivity index (χ0n) is 52.1. The fraction of sp³-hybridized carbons (Fsp3) is 0.667. The summed E-state index contributed by atoms with van der Waals surface area (Å²) in [6, 6.07) is 8.85. The Bertz CT molecular complexity index is 2130. The van der Waals surface area contributed by atoms with E-state index >= 15 is 0 Å². The van der Waals surface area contributed by atoms with Gasteiger partial charge in [-0.1, -0.05) is 316 Å². The third kappa shape index (κ3) is 12.7. The molecule has 0 aromatic heterocycles. The number of hydrogen-bond acceptors (Lipinski definition) is 0. The molecule has 0 nitrogen and oxygen atoms in total. The summed E-state index contributed by atoms with van der Waals surface area (Å²) < 4.78 is 0. The Morgan fingerprint density at radius 3 is 0.397 bits per heavy atom. The molecule has 0 aliphatic heterocycles. The average molecular weight is 1160 g/mol. The van der Waals surface area contributed by atoms with E-state index in [9.17, 15) is 11.1 Å². The first-order valence-electron chi connectivity index (χ1n) is 26.7. The van der Waals surface area contributed by atoms with Crippen molar-refractivity contribution in [3.05, 3.63) is 18.2 Å². The maximum Gasteiger partial charge on any atom is 0.247 e. The molecule has 3 aromatic rings. The highest BCUT2D eigenvalue weighted by Crippen LogP contribution is 2.23. The van der Waals surface area contributed by atoms with E-state index in [0.717, 1.165) is 0 Å². The first kappa shape index (κ1) is 63.1. The summed E-state index contributed by atoms with van der Waals surface area (Å²) >= 11 is 10.5. The van der Waals surface area contributed by atoms with Crippen LogP contribution in [0.5, 0.6) is 0 Å².